The number of methoxy groups -OCH3 is 2. The summed E-state index contributed by atoms with van der Waals surface area (Å²) in [6, 6.07) is 6.13. The second-order valence-corrected chi connectivity index (χ2v) is 9.32. The van der Waals surface area contributed by atoms with Crippen LogP contribution in [0.3, 0.4) is 0 Å². The van der Waals surface area contributed by atoms with Crippen molar-refractivity contribution in [2.24, 2.45) is 23.7 Å². The van der Waals surface area contributed by atoms with Crippen LogP contribution in [0.15, 0.2) is 18.2 Å². The monoisotopic (exact) mass is 436 g/mol. The summed E-state index contributed by atoms with van der Waals surface area (Å²) >= 11 is 0. The van der Waals surface area contributed by atoms with Crippen LogP contribution in [0.2, 0.25) is 0 Å². The fraction of sp³-hybridized carbons (Fsp3) is 0.731. The summed E-state index contributed by atoms with van der Waals surface area (Å²) in [7, 11) is 3.34. The number of aliphatic hydroxyl groups is 1. The van der Waals surface area contributed by atoms with Crippen LogP contribution in [0, 0.1) is 23.7 Å². The number of carbonyl (C=O) groups excluding carboxylic acids is 1. The number of hydrogen-bond donors (Lipinski definition) is 1. The Morgan fingerprint density at radius 3 is 2.26 bits per heavy atom. The summed E-state index contributed by atoms with van der Waals surface area (Å²) in [6.07, 6.45) is 3.51. The van der Waals surface area contributed by atoms with Gasteiger partial charge in [0.15, 0.2) is 11.5 Å². The zero-order chi connectivity index (χ0) is 23.4. The van der Waals surface area contributed by atoms with Gasteiger partial charge in [-0.2, -0.15) is 0 Å². The predicted octanol–water partition coefficient (Wildman–Crippen LogP) is 5.32. The highest BCUT2D eigenvalue weighted by Crippen LogP contribution is 2.31. The van der Waals surface area contributed by atoms with E-state index in [1.807, 2.05) is 19.9 Å². The molecule has 178 valence electrons. The van der Waals surface area contributed by atoms with Gasteiger partial charge in [-0.15, -0.1) is 0 Å². The Morgan fingerprint density at radius 1 is 1.00 bits per heavy atom. The molecule has 0 aliphatic rings. The van der Waals surface area contributed by atoms with Crippen molar-refractivity contribution in [2.75, 3.05) is 27.4 Å². The molecule has 3 atom stereocenters. The number of hydrogen-bond acceptors (Lipinski definition) is 5. The Bertz CT molecular complexity index is 641. The number of Topliss-reactive ketones (excluding diaryl/α,β-unsaturated/α-hetero) is 1. The summed E-state index contributed by atoms with van der Waals surface area (Å²) in [5.41, 5.74) is 1.21. The van der Waals surface area contributed by atoms with Crippen LogP contribution in [0.25, 0.3) is 0 Å². The molecule has 0 aliphatic carbocycles. The van der Waals surface area contributed by atoms with E-state index >= 15 is 0 Å². The summed E-state index contributed by atoms with van der Waals surface area (Å²) < 4.78 is 16.5. The van der Waals surface area contributed by atoms with Gasteiger partial charge in [0.2, 0.25) is 0 Å². The van der Waals surface area contributed by atoms with Gasteiger partial charge in [-0.05, 0) is 68.1 Å². The first-order valence-corrected chi connectivity index (χ1v) is 11.7. The van der Waals surface area contributed by atoms with E-state index in [1.54, 1.807) is 21.1 Å². The maximum absolute atomic E-state index is 11.9. The van der Waals surface area contributed by atoms with Gasteiger partial charge in [-0.3, -0.25) is 4.79 Å². The van der Waals surface area contributed by atoms with E-state index in [1.165, 1.54) is 5.56 Å². The van der Waals surface area contributed by atoms with Crippen molar-refractivity contribution in [3.63, 3.8) is 0 Å². The largest absolute Gasteiger partial charge is 0.493 e. The summed E-state index contributed by atoms with van der Waals surface area (Å²) in [5, 5.41) is 10.6. The number of carbonyl (C=O) groups is 1. The minimum atomic E-state index is -0.437. The third kappa shape index (κ3) is 10.0. The van der Waals surface area contributed by atoms with Gasteiger partial charge in [-0.1, -0.05) is 33.8 Å². The molecule has 1 N–H and O–H groups in total. The molecule has 0 fully saturated rings. The lowest BCUT2D eigenvalue weighted by Gasteiger charge is -2.25. The Balaban J connectivity index is 2.74. The first-order valence-electron chi connectivity index (χ1n) is 11.7. The van der Waals surface area contributed by atoms with E-state index in [0.29, 0.717) is 31.5 Å². The summed E-state index contributed by atoms with van der Waals surface area (Å²) in [6.45, 7) is 11.4. The highest BCUT2D eigenvalue weighted by Gasteiger charge is 2.23. The van der Waals surface area contributed by atoms with Crippen LogP contribution in [-0.4, -0.2) is 44.4 Å². The van der Waals surface area contributed by atoms with Gasteiger partial charge in [-0.25, -0.2) is 0 Å². The number of aliphatic hydroxyl groups excluding tert-OH is 1. The van der Waals surface area contributed by atoms with E-state index in [0.717, 1.165) is 37.2 Å². The van der Waals surface area contributed by atoms with Gasteiger partial charge in [0.25, 0.3) is 0 Å². The average molecular weight is 437 g/mol. The molecule has 0 aromatic heterocycles. The molecule has 5 heteroatoms. The van der Waals surface area contributed by atoms with E-state index in [9.17, 15) is 9.90 Å². The lowest BCUT2D eigenvalue weighted by atomic mass is 9.82. The van der Waals surface area contributed by atoms with E-state index in [2.05, 4.69) is 26.0 Å². The van der Waals surface area contributed by atoms with Crippen molar-refractivity contribution in [1.29, 1.82) is 0 Å². The first kappa shape index (κ1) is 27.4. The van der Waals surface area contributed by atoms with E-state index < -0.39 is 6.10 Å². The van der Waals surface area contributed by atoms with Crippen molar-refractivity contribution >= 4 is 5.78 Å². The van der Waals surface area contributed by atoms with E-state index in [-0.39, 0.29) is 17.6 Å². The molecule has 0 saturated heterocycles. The summed E-state index contributed by atoms with van der Waals surface area (Å²) in [4.78, 5) is 11.9. The van der Waals surface area contributed by atoms with Crippen LogP contribution in [0.4, 0.5) is 0 Å². The Labute approximate surface area is 189 Å². The minimum absolute atomic E-state index is 0.0631. The number of ether oxygens (including phenoxy) is 3. The van der Waals surface area contributed by atoms with E-state index in [4.69, 9.17) is 14.2 Å². The van der Waals surface area contributed by atoms with Gasteiger partial charge in [0, 0.05) is 26.1 Å². The van der Waals surface area contributed by atoms with Gasteiger partial charge >= 0.3 is 0 Å². The molecular weight excluding hydrogens is 392 g/mol. The van der Waals surface area contributed by atoms with Gasteiger partial charge < -0.3 is 19.3 Å². The first-order chi connectivity index (χ1) is 14.7. The number of ketones is 1. The zero-order valence-corrected chi connectivity index (χ0v) is 20.6. The molecule has 0 radical (unpaired) electrons. The molecular formula is C26H44O5. The zero-order valence-electron chi connectivity index (χ0n) is 20.6. The maximum Gasteiger partial charge on any atom is 0.161 e. The molecule has 1 aromatic carbocycles. The molecule has 1 rings (SSSR count). The maximum atomic E-state index is 11.9. The topological polar surface area (TPSA) is 65.0 Å². The van der Waals surface area contributed by atoms with Crippen LogP contribution < -0.4 is 9.47 Å². The lowest BCUT2D eigenvalue weighted by molar-refractivity contribution is -0.123. The molecule has 0 spiro atoms. The molecule has 1 aromatic rings. The van der Waals surface area contributed by atoms with Crippen molar-refractivity contribution in [2.45, 2.75) is 72.8 Å². The van der Waals surface area contributed by atoms with Crippen LogP contribution in [0.5, 0.6) is 11.5 Å². The SMILES string of the molecule is COCCCOc1cc(CC(CC[C@@H](O)CC(C(C)=O)C(C)C)C(C)C)ccc1OC. The standard InChI is InChI=1S/C26H44O5/c1-18(2)22(10-11-23(28)17-24(19(3)4)20(5)27)15-21-9-12-25(30-7)26(16-21)31-14-8-13-29-6/h9,12,16,18-19,22-24,28H,8,10-11,13-15,17H2,1-7H3/t22?,23-,24?/m1/s1. The molecule has 0 bridgehead atoms. The normalized spacial score (nSPS) is 14.5. The smallest absolute Gasteiger partial charge is 0.161 e. The second kappa shape index (κ2) is 14.5. The Kier molecular flexibility index (Phi) is 12.8. The molecule has 0 amide bonds. The molecule has 31 heavy (non-hydrogen) atoms. The lowest BCUT2D eigenvalue weighted by Crippen LogP contribution is -2.24. The molecule has 5 nitrogen and oxygen atoms in total. The highest BCUT2D eigenvalue weighted by molar-refractivity contribution is 5.78. The predicted molar refractivity (Wildman–Crippen MR) is 126 cm³/mol. The number of rotatable bonds is 16. The Hall–Kier alpha value is -1.59. The van der Waals surface area contributed by atoms with Crippen molar-refractivity contribution in [3.8, 4) is 11.5 Å². The fourth-order valence-electron chi connectivity index (χ4n) is 4.05. The minimum Gasteiger partial charge on any atom is -0.493 e. The van der Waals surface area contributed by atoms with Gasteiger partial charge in [0.1, 0.15) is 5.78 Å². The summed E-state index contributed by atoms with van der Waals surface area (Å²) in [5.74, 6) is 2.81. The second-order valence-electron chi connectivity index (χ2n) is 9.32. The third-order valence-corrected chi connectivity index (χ3v) is 6.14. The number of benzene rings is 1. The molecule has 2 unspecified atom stereocenters. The van der Waals surface area contributed by atoms with Crippen molar-refractivity contribution < 1.29 is 24.1 Å². The molecule has 0 aliphatic heterocycles. The van der Waals surface area contributed by atoms with Crippen molar-refractivity contribution in [3.05, 3.63) is 23.8 Å². The molecule has 0 heterocycles. The highest BCUT2D eigenvalue weighted by atomic mass is 16.5. The quantitative estimate of drug-likeness (QED) is 0.355. The molecule has 0 saturated carbocycles. The fourth-order valence-corrected chi connectivity index (χ4v) is 4.05. The van der Waals surface area contributed by atoms with Gasteiger partial charge in [0.05, 0.1) is 19.8 Å². The van der Waals surface area contributed by atoms with Crippen LogP contribution in [0.1, 0.15) is 65.9 Å². The van der Waals surface area contributed by atoms with Crippen LogP contribution in [-0.2, 0) is 16.0 Å². The third-order valence-electron chi connectivity index (χ3n) is 6.14. The van der Waals surface area contributed by atoms with Crippen molar-refractivity contribution in [1.82, 2.24) is 0 Å². The average Bonchev–Trinajstić information content (AvgIpc) is 2.71. The van der Waals surface area contributed by atoms with Crippen LogP contribution >= 0.6 is 0 Å². The Morgan fingerprint density at radius 2 is 1.71 bits per heavy atom.